The standard InChI is InChI=1S/C9H20N2O2/c1-7(13-4)6-11-8(12)5-9(2,3)10/h7H,5-6,10H2,1-4H3,(H,11,12). The van der Waals surface area contributed by atoms with Gasteiger partial charge >= 0.3 is 0 Å². The topological polar surface area (TPSA) is 64.3 Å². The van der Waals surface area contributed by atoms with E-state index in [0.717, 1.165) is 0 Å². The lowest BCUT2D eigenvalue weighted by atomic mass is 10.0. The van der Waals surface area contributed by atoms with Crippen LogP contribution in [0.25, 0.3) is 0 Å². The van der Waals surface area contributed by atoms with Gasteiger partial charge in [-0.2, -0.15) is 0 Å². The molecule has 0 aromatic rings. The van der Waals surface area contributed by atoms with Crippen LogP contribution in [0.1, 0.15) is 27.2 Å². The van der Waals surface area contributed by atoms with Crippen LogP contribution in [0.4, 0.5) is 0 Å². The molecule has 0 aromatic heterocycles. The summed E-state index contributed by atoms with van der Waals surface area (Å²) in [4.78, 5) is 11.2. The van der Waals surface area contributed by atoms with E-state index in [1.165, 1.54) is 0 Å². The first-order chi connectivity index (χ1) is 5.85. The summed E-state index contributed by atoms with van der Waals surface area (Å²) in [5, 5.41) is 2.75. The molecule has 1 amide bonds. The van der Waals surface area contributed by atoms with Crippen molar-refractivity contribution in [3.63, 3.8) is 0 Å². The van der Waals surface area contributed by atoms with Gasteiger partial charge in [0.2, 0.25) is 5.91 Å². The summed E-state index contributed by atoms with van der Waals surface area (Å²) < 4.78 is 4.98. The summed E-state index contributed by atoms with van der Waals surface area (Å²) in [7, 11) is 1.61. The van der Waals surface area contributed by atoms with Crippen LogP contribution >= 0.6 is 0 Å². The number of amides is 1. The van der Waals surface area contributed by atoms with E-state index in [0.29, 0.717) is 13.0 Å². The number of methoxy groups -OCH3 is 1. The molecule has 78 valence electrons. The lowest BCUT2D eigenvalue weighted by molar-refractivity contribution is -0.122. The fourth-order valence-corrected chi connectivity index (χ4v) is 0.817. The van der Waals surface area contributed by atoms with Gasteiger partial charge < -0.3 is 15.8 Å². The number of rotatable bonds is 5. The monoisotopic (exact) mass is 188 g/mol. The number of carbonyl (C=O) groups is 1. The maximum atomic E-state index is 11.2. The van der Waals surface area contributed by atoms with Crippen LogP contribution in [0, 0.1) is 0 Å². The molecule has 4 nitrogen and oxygen atoms in total. The maximum Gasteiger partial charge on any atom is 0.221 e. The molecule has 1 unspecified atom stereocenters. The van der Waals surface area contributed by atoms with Crippen LogP contribution in [0.2, 0.25) is 0 Å². The molecule has 0 radical (unpaired) electrons. The smallest absolute Gasteiger partial charge is 0.221 e. The summed E-state index contributed by atoms with van der Waals surface area (Å²) in [6, 6.07) is 0. The van der Waals surface area contributed by atoms with Crippen LogP contribution < -0.4 is 11.1 Å². The van der Waals surface area contributed by atoms with Crippen molar-refractivity contribution in [2.45, 2.75) is 38.8 Å². The Kier molecular flexibility index (Phi) is 4.95. The number of carbonyl (C=O) groups excluding carboxylic acids is 1. The van der Waals surface area contributed by atoms with Crippen molar-refractivity contribution in [2.24, 2.45) is 5.73 Å². The average molecular weight is 188 g/mol. The molecule has 0 bridgehead atoms. The van der Waals surface area contributed by atoms with Crippen molar-refractivity contribution in [3.8, 4) is 0 Å². The SMILES string of the molecule is COC(C)CNC(=O)CC(C)(C)N. The van der Waals surface area contributed by atoms with Gasteiger partial charge in [-0.3, -0.25) is 4.79 Å². The fourth-order valence-electron chi connectivity index (χ4n) is 0.817. The molecule has 3 N–H and O–H groups in total. The molecule has 0 aliphatic heterocycles. The van der Waals surface area contributed by atoms with E-state index >= 15 is 0 Å². The minimum absolute atomic E-state index is 0.0311. The highest BCUT2D eigenvalue weighted by atomic mass is 16.5. The average Bonchev–Trinajstić information content (AvgIpc) is 1.97. The summed E-state index contributed by atoms with van der Waals surface area (Å²) in [6.07, 6.45) is 0.383. The molecule has 4 heteroatoms. The Morgan fingerprint density at radius 3 is 2.54 bits per heavy atom. The lowest BCUT2D eigenvalue weighted by Gasteiger charge is -2.18. The third kappa shape index (κ3) is 7.74. The van der Waals surface area contributed by atoms with Gasteiger partial charge in [0.05, 0.1) is 6.10 Å². The number of hydrogen-bond acceptors (Lipinski definition) is 3. The second-order valence-corrected chi connectivity index (χ2v) is 4.02. The third-order valence-corrected chi connectivity index (χ3v) is 1.61. The number of ether oxygens (including phenoxy) is 1. The van der Waals surface area contributed by atoms with Crippen molar-refractivity contribution in [1.82, 2.24) is 5.32 Å². The maximum absolute atomic E-state index is 11.2. The predicted octanol–water partition coefficient (Wildman–Crippen LogP) is 0.265. The lowest BCUT2D eigenvalue weighted by Crippen LogP contribution is -2.40. The van der Waals surface area contributed by atoms with Gasteiger partial charge in [-0.05, 0) is 20.8 Å². The van der Waals surface area contributed by atoms with Crippen LogP contribution in [-0.4, -0.2) is 31.2 Å². The number of nitrogens with two attached hydrogens (primary N) is 1. The van der Waals surface area contributed by atoms with E-state index in [2.05, 4.69) is 5.32 Å². The summed E-state index contributed by atoms with van der Waals surface area (Å²) in [6.45, 7) is 6.08. The van der Waals surface area contributed by atoms with E-state index in [4.69, 9.17) is 10.5 Å². The molecule has 0 heterocycles. The molecular formula is C9H20N2O2. The first-order valence-electron chi connectivity index (χ1n) is 4.43. The van der Waals surface area contributed by atoms with Gasteiger partial charge in [-0.25, -0.2) is 0 Å². The van der Waals surface area contributed by atoms with Gasteiger partial charge in [0, 0.05) is 25.6 Å². The van der Waals surface area contributed by atoms with E-state index < -0.39 is 5.54 Å². The zero-order valence-corrected chi connectivity index (χ0v) is 8.89. The van der Waals surface area contributed by atoms with Crippen LogP contribution in [0.3, 0.4) is 0 Å². The highest BCUT2D eigenvalue weighted by Crippen LogP contribution is 2.02. The van der Waals surface area contributed by atoms with Crippen LogP contribution in [0.15, 0.2) is 0 Å². The molecular weight excluding hydrogens is 168 g/mol. The van der Waals surface area contributed by atoms with Crippen LogP contribution in [-0.2, 0) is 9.53 Å². The molecule has 0 saturated carbocycles. The Bertz CT molecular complexity index is 163. The zero-order chi connectivity index (χ0) is 10.5. The highest BCUT2D eigenvalue weighted by Gasteiger charge is 2.16. The molecule has 13 heavy (non-hydrogen) atoms. The van der Waals surface area contributed by atoms with Gasteiger partial charge in [0.15, 0.2) is 0 Å². The summed E-state index contributed by atoms with van der Waals surface area (Å²) in [5.74, 6) is -0.0311. The molecule has 0 aromatic carbocycles. The van der Waals surface area contributed by atoms with Gasteiger partial charge in [-0.1, -0.05) is 0 Å². The van der Waals surface area contributed by atoms with Crippen molar-refractivity contribution < 1.29 is 9.53 Å². The number of nitrogens with one attached hydrogen (secondary N) is 1. The molecule has 0 rings (SSSR count). The Balaban J connectivity index is 3.64. The first kappa shape index (κ1) is 12.4. The normalized spacial score (nSPS) is 13.9. The summed E-state index contributed by atoms with van der Waals surface area (Å²) in [5.41, 5.74) is 5.24. The third-order valence-electron chi connectivity index (χ3n) is 1.61. The molecule has 0 aliphatic rings. The fraction of sp³-hybridized carbons (Fsp3) is 0.889. The molecule has 0 aliphatic carbocycles. The minimum atomic E-state index is -0.444. The zero-order valence-electron chi connectivity index (χ0n) is 8.89. The van der Waals surface area contributed by atoms with Crippen molar-refractivity contribution >= 4 is 5.91 Å². The molecule has 0 spiro atoms. The van der Waals surface area contributed by atoms with E-state index in [1.54, 1.807) is 7.11 Å². The quantitative estimate of drug-likeness (QED) is 0.650. The Morgan fingerprint density at radius 2 is 2.15 bits per heavy atom. The van der Waals surface area contributed by atoms with E-state index in [1.807, 2.05) is 20.8 Å². The van der Waals surface area contributed by atoms with E-state index in [-0.39, 0.29) is 12.0 Å². The number of hydrogen-bond donors (Lipinski definition) is 2. The van der Waals surface area contributed by atoms with Crippen molar-refractivity contribution in [2.75, 3.05) is 13.7 Å². The Hall–Kier alpha value is -0.610. The van der Waals surface area contributed by atoms with Gasteiger partial charge in [0.1, 0.15) is 0 Å². The second-order valence-electron chi connectivity index (χ2n) is 4.02. The molecule has 1 atom stereocenters. The highest BCUT2D eigenvalue weighted by molar-refractivity contribution is 5.77. The predicted molar refractivity (Wildman–Crippen MR) is 52.4 cm³/mol. The molecule has 0 fully saturated rings. The van der Waals surface area contributed by atoms with Gasteiger partial charge in [-0.15, -0.1) is 0 Å². The van der Waals surface area contributed by atoms with Crippen molar-refractivity contribution in [3.05, 3.63) is 0 Å². The van der Waals surface area contributed by atoms with Crippen LogP contribution in [0.5, 0.6) is 0 Å². The minimum Gasteiger partial charge on any atom is -0.380 e. The van der Waals surface area contributed by atoms with E-state index in [9.17, 15) is 4.79 Å². The first-order valence-corrected chi connectivity index (χ1v) is 4.43. The second kappa shape index (κ2) is 5.19. The molecule has 0 saturated heterocycles. The summed E-state index contributed by atoms with van der Waals surface area (Å²) >= 11 is 0. The Labute approximate surface area is 79.8 Å². The largest absolute Gasteiger partial charge is 0.380 e. The van der Waals surface area contributed by atoms with Crippen molar-refractivity contribution in [1.29, 1.82) is 0 Å². The van der Waals surface area contributed by atoms with Gasteiger partial charge in [0.25, 0.3) is 0 Å². The Morgan fingerprint density at radius 1 is 1.62 bits per heavy atom.